The molecule has 1 aromatic heterocycles. The van der Waals surface area contributed by atoms with Gasteiger partial charge in [-0.3, -0.25) is 0 Å². The van der Waals surface area contributed by atoms with Crippen molar-refractivity contribution in [3.8, 4) is 11.3 Å². The minimum absolute atomic E-state index is 0.243. The number of nitrogens with zero attached hydrogens (tertiary/aromatic N) is 2. The number of sulfonamides is 1. The Morgan fingerprint density at radius 2 is 1.76 bits per heavy atom. The monoisotopic (exact) mass is 354 g/mol. The topological polar surface area (TPSA) is 84.0 Å². The molecule has 0 aliphatic heterocycles. The van der Waals surface area contributed by atoms with Crippen molar-refractivity contribution in [1.29, 1.82) is 0 Å². The third kappa shape index (κ3) is 5.10. The summed E-state index contributed by atoms with van der Waals surface area (Å²) in [6, 6.07) is 19.2. The van der Waals surface area contributed by atoms with Crippen LogP contribution in [0.5, 0.6) is 0 Å². The second kappa shape index (κ2) is 7.42. The quantitative estimate of drug-likeness (QED) is 0.711. The molecule has 25 heavy (non-hydrogen) atoms. The van der Waals surface area contributed by atoms with Crippen LogP contribution in [0, 0.1) is 0 Å². The van der Waals surface area contributed by atoms with Crippen LogP contribution in [0.15, 0.2) is 67.0 Å². The largest absolute Gasteiger partial charge is 0.340 e. The Hall–Kier alpha value is -2.77. The zero-order chi connectivity index (χ0) is 17.7. The zero-order valence-corrected chi connectivity index (χ0v) is 14.5. The molecule has 7 heteroatoms. The first-order valence-corrected chi connectivity index (χ1v) is 9.57. The summed E-state index contributed by atoms with van der Waals surface area (Å²) in [6.45, 7) is 0.243. The van der Waals surface area contributed by atoms with Gasteiger partial charge in [-0.15, -0.1) is 0 Å². The first-order chi connectivity index (χ1) is 12.0. The van der Waals surface area contributed by atoms with Crippen LogP contribution in [0.25, 0.3) is 11.3 Å². The third-order valence-corrected chi connectivity index (χ3v) is 4.14. The molecule has 1 heterocycles. The summed E-state index contributed by atoms with van der Waals surface area (Å²) >= 11 is 0. The van der Waals surface area contributed by atoms with Crippen molar-refractivity contribution in [2.45, 2.75) is 6.54 Å². The molecule has 6 nitrogen and oxygen atoms in total. The summed E-state index contributed by atoms with van der Waals surface area (Å²) in [5, 5.41) is 3.22. The number of anilines is 2. The van der Waals surface area contributed by atoms with Gasteiger partial charge in [-0.2, -0.15) is 0 Å². The van der Waals surface area contributed by atoms with Gasteiger partial charge in [0.15, 0.2) is 0 Å². The van der Waals surface area contributed by atoms with E-state index in [0.29, 0.717) is 5.82 Å². The molecule has 0 saturated carbocycles. The Labute approximate surface area is 147 Å². The predicted molar refractivity (Wildman–Crippen MR) is 98.9 cm³/mol. The second-order valence-corrected chi connectivity index (χ2v) is 7.41. The van der Waals surface area contributed by atoms with E-state index in [4.69, 9.17) is 0 Å². The molecule has 0 aliphatic rings. The molecule has 0 radical (unpaired) electrons. The van der Waals surface area contributed by atoms with Gasteiger partial charge in [0.05, 0.1) is 11.9 Å². The lowest BCUT2D eigenvalue weighted by Crippen LogP contribution is -2.21. The van der Waals surface area contributed by atoms with E-state index in [1.54, 1.807) is 0 Å². The minimum atomic E-state index is -3.22. The minimum Gasteiger partial charge on any atom is -0.340 e. The number of aromatic nitrogens is 2. The summed E-state index contributed by atoms with van der Waals surface area (Å²) in [6.07, 6.45) is 2.65. The smallest absolute Gasteiger partial charge is 0.209 e. The van der Waals surface area contributed by atoms with Gasteiger partial charge in [-0.05, 0) is 17.7 Å². The van der Waals surface area contributed by atoms with Crippen LogP contribution in [-0.2, 0) is 16.6 Å². The molecule has 0 aliphatic carbocycles. The van der Waals surface area contributed by atoms with E-state index < -0.39 is 10.0 Å². The first-order valence-electron chi connectivity index (χ1n) is 7.68. The lowest BCUT2D eigenvalue weighted by molar-refractivity contribution is 0.587. The molecular formula is C18H18N4O2S. The highest BCUT2D eigenvalue weighted by atomic mass is 32.2. The molecule has 0 bridgehead atoms. The van der Waals surface area contributed by atoms with E-state index in [9.17, 15) is 8.42 Å². The van der Waals surface area contributed by atoms with Gasteiger partial charge in [0.25, 0.3) is 0 Å². The van der Waals surface area contributed by atoms with Crippen LogP contribution in [0.1, 0.15) is 5.56 Å². The van der Waals surface area contributed by atoms with Crippen molar-refractivity contribution < 1.29 is 8.42 Å². The molecule has 0 fully saturated rings. The lowest BCUT2D eigenvalue weighted by atomic mass is 10.1. The molecule has 128 valence electrons. The van der Waals surface area contributed by atoms with E-state index in [1.807, 2.05) is 60.7 Å². The van der Waals surface area contributed by atoms with Crippen molar-refractivity contribution in [3.63, 3.8) is 0 Å². The van der Waals surface area contributed by atoms with Crippen molar-refractivity contribution in [3.05, 3.63) is 72.6 Å². The number of nitrogens with one attached hydrogen (secondary N) is 2. The highest BCUT2D eigenvalue weighted by Gasteiger charge is 2.04. The summed E-state index contributed by atoms with van der Waals surface area (Å²) in [5.41, 5.74) is 3.52. The highest BCUT2D eigenvalue weighted by Crippen LogP contribution is 2.21. The van der Waals surface area contributed by atoms with Gasteiger partial charge < -0.3 is 5.32 Å². The van der Waals surface area contributed by atoms with Gasteiger partial charge >= 0.3 is 0 Å². The van der Waals surface area contributed by atoms with Crippen LogP contribution in [0.3, 0.4) is 0 Å². The van der Waals surface area contributed by atoms with Crippen molar-refractivity contribution in [2.24, 2.45) is 0 Å². The Bertz CT molecular complexity index is 960. The Balaban J connectivity index is 1.77. The summed E-state index contributed by atoms with van der Waals surface area (Å²) < 4.78 is 24.9. The summed E-state index contributed by atoms with van der Waals surface area (Å²) in [5.74, 6) is 0.669. The number of hydrogen-bond acceptors (Lipinski definition) is 5. The molecule has 0 unspecified atom stereocenters. The van der Waals surface area contributed by atoms with Crippen LogP contribution in [0.2, 0.25) is 0 Å². The van der Waals surface area contributed by atoms with Gasteiger partial charge in [0.1, 0.15) is 12.1 Å². The summed E-state index contributed by atoms with van der Waals surface area (Å²) in [7, 11) is -3.22. The van der Waals surface area contributed by atoms with Gasteiger partial charge in [0.2, 0.25) is 10.0 Å². The van der Waals surface area contributed by atoms with E-state index in [1.165, 1.54) is 6.33 Å². The highest BCUT2D eigenvalue weighted by molar-refractivity contribution is 7.88. The maximum absolute atomic E-state index is 11.2. The zero-order valence-electron chi connectivity index (χ0n) is 13.7. The SMILES string of the molecule is CS(=O)(=O)NCc1cccc(Nc2cc(-c3ccccc3)ncn2)c1. The number of benzene rings is 2. The van der Waals surface area contributed by atoms with Crippen molar-refractivity contribution >= 4 is 21.5 Å². The standard InChI is InChI=1S/C18H18N4O2S/c1-25(23,24)21-12-14-6-5-9-16(10-14)22-18-11-17(19-13-20-18)15-7-3-2-4-8-15/h2-11,13,21H,12H2,1H3,(H,19,20,22). The average molecular weight is 354 g/mol. The average Bonchev–Trinajstić information content (AvgIpc) is 2.61. The fourth-order valence-electron chi connectivity index (χ4n) is 2.31. The Kier molecular flexibility index (Phi) is 5.06. The molecule has 0 spiro atoms. The lowest BCUT2D eigenvalue weighted by Gasteiger charge is -2.09. The van der Waals surface area contributed by atoms with Gasteiger partial charge in [0, 0.05) is 23.9 Å². The molecule has 0 atom stereocenters. The number of rotatable bonds is 6. The van der Waals surface area contributed by atoms with E-state index in [-0.39, 0.29) is 6.54 Å². The first kappa shape index (κ1) is 17.1. The van der Waals surface area contributed by atoms with Crippen LogP contribution < -0.4 is 10.0 Å². The third-order valence-electron chi connectivity index (χ3n) is 3.47. The van der Waals surface area contributed by atoms with Crippen molar-refractivity contribution in [1.82, 2.24) is 14.7 Å². The molecular weight excluding hydrogens is 336 g/mol. The normalized spacial score (nSPS) is 11.2. The maximum Gasteiger partial charge on any atom is 0.209 e. The number of hydrogen-bond donors (Lipinski definition) is 2. The summed E-state index contributed by atoms with van der Waals surface area (Å²) in [4.78, 5) is 8.54. The predicted octanol–water partition coefficient (Wildman–Crippen LogP) is 2.94. The van der Waals surface area contributed by atoms with E-state index in [0.717, 1.165) is 28.8 Å². The molecule has 2 N–H and O–H groups in total. The van der Waals surface area contributed by atoms with Gasteiger partial charge in [-0.1, -0.05) is 42.5 Å². The fraction of sp³-hybridized carbons (Fsp3) is 0.111. The Morgan fingerprint density at radius 3 is 2.52 bits per heavy atom. The fourth-order valence-corrected chi connectivity index (χ4v) is 2.74. The molecule has 3 rings (SSSR count). The van der Waals surface area contributed by atoms with Gasteiger partial charge in [-0.25, -0.2) is 23.1 Å². The van der Waals surface area contributed by atoms with E-state index >= 15 is 0 Å². The maximum atomic E-state index is 11.2. The Morgan fingerprint density at radius 1 is 0.960 bits per heavy atom. The molecule has 0 saturated heterocycles. The second-order valence-electron chi connectivity index (χ2n) is 5.57. The van der Waals surface area contributed by atoms with Crippen LogP contribution in [-0.4, -0.2) is 24.6 Å². The van der Waals surface area contributed by atoms with E-state index in [2.05, 4.69) is 20.0 Å². The van der Waals surface area contributed by atoms with Crippen LogP contribution in [0.4, 0.5) is 11.5 Å². The molecule has 3 aromatic rings. The van der Waals surface area contributed by atoms with Crippen LogP contribution >= 0.6 is 0 Å². The molecule has 0 amide bonds. The molecule has 2 aromatic carbocycles. The van der Waals surface area contributed by atoms with Crippen molar-refractivity contribution in [2.75, 3.05) is 11.6 Å².